The minimum Gasteiger partial charge on any atom is -0.390 e. The molecule has 1 saturated carbocycles. The van der Waals surface area contributed by atoms with Crippen LogP contribution in [0.3, 0.4) is 0 Å². The molecular formula is C14H16F4O. The van der Waals surface area contributed by atoms with E-state index >= 15 is 0 Å². The molecule has 1 aromatic carbocycles. The van der Waals surface area contributed by atoms with E-state index in [2.05, 4.69) is 0 Å². The Kier molecular flexibility index (Phi) is 3.85. The second kappa shape index (κ2) is 5.12. The van der Waals surface area contributed by atoms with Crippen molar-refractivity contribution < 1.29 is 22.7 Å². The molecule has 1 fully saturated rings. The highest BCUT2D eigenvalue weighted by atomic mass is 19.4. The summed E-state index contributed by atoms with van der Waals surface area (Å²) in [6, 6.07) is 5.51. The molecule has 0 heterocycles. The Morgan fingerprint density at radius 2 is 1.84 bits per heavy atom. The van der Waals surface area contributed by atoms with E-state index < -0.39 is 23.5 Å². The molecule has 1 aliphatic rings. The number of hydrogen-bond donors (Lipinski definition) is 1. The van der Waals surface area contributed by atoms with Crippen molar-refractivity contribution in [3.05, 3.63) is 35.6 Å². The summed E-state index contributed by atoms with van der Waals surface area (Å²) in [5, 5.41) is 10.3. The summed E-state index contributed by atoms with van der Waals surface area (Å²) in [6.07, 6.45) is -3.58. The molecule has 0 aromatic heterocycles. The van der Waals surface area contributed by atoms with Crippen LogP contribution in [-0.4, -0.2) is 16.9 Å². The Bertz CT molecular complexity index is 426. The van der Waals surface area contributed by atoms with Crippen molar-refractivity contribution in [3.63, 3.8) is 0 Å². The largest absolute Gasteiger partial charge is 0.391 e. The van der Waals surface area contributed by atoms with E-state index in [0.29, 0.717) is 18.4 Å². The highest BCUT2D eigenvalue weighted by Crippen LogP contribution is 2.42. The van der Waals surface area contributed by atoms with Crippen molar-refractivity contribution in [3.8, 4) is 0 Å². The first-order valence-corrected chi connectivity index (χ1v) is 6.32. The van der Waals surface area contributed by atoms with Gasteiger partial charge in [0.1, 0.15) is 5.82 Å². The van der Waals surface area contributed by atoms with Gasteiger partial charge in [-0.05, 0) is 43.4 Å². The van der Waals surface area contributed by atoms with Crippen LogP contribution in [0.25, 0.3) is 0 Å². The number of halogens is 4. The Balaban J connectivity index is 2.07. The molecule has 106 valence electrons. The SMILES string of the molecule is OC1(Cc2ccc(F)cc2)CCCC(C(F)(F)F)C1. The first-order chi connectivity index (χ1) is 8.78. The van der Waals surface area contributed by atoms with E-state index in [1.165, 1.54) is 24.3 Å². The molecule has 0 spiro atoms. The molecule has 0 bridgehead atoms. The summed E-state index contributed by atoms with van der Waals surface area (Å²) in [4.78, 5) is 0. The lowest BCUT2D eigenvalue weighted by Crippen LogP contribution is -2.41. The highest BCUT2D eigenvalue weighted by Gasteiger charge is 2.46. The third-order valence-corrected chi connectivity index (χ3v) is 3.73. The summed E-state index contributed by atoms with van der Waals surface area (Å²) in [5.74, 6) is -1.83. The molecule has 1 nitrogen and oxygen atoms in total. The Labute approximate surface area is 109 Å². The average molecular weight is 276 g/mol. The van der Waals surface area contributed by atoms with Crippen LogP contribution in [0.2, 0.25) is 0 Å². The molecule has 0 aliphatic heterocycles. The Morgan fingerprint density at radius 1 is 1.21 bits per heavy atom. The highest BCUT2D eigenvalue weighted by molar-refractivity contribution is 5.18. The van der Waals surface area contributed by atoms with Crippen LogP contribution in [0.15, 0.2) is 24.3 Å². The molecule has 0 amide bonds. The van der Waals surface area contributed by atoms with Gasteiger partial charge in [0.25, 0.3) is 0 Å². The van der Waals surface area contributed by atoms with Crippen LogP contribution in [0.5, 0.6) is 0 Å². The van der Waals surface area contributed by atoms with Crippen LogP contribution in [-0.2, 0) is 6.42 Å². The molecule has 1 aliphatic carbocycles. The number of hydrogen-bond acceptors (Lipinski definition) is 1. The smallest absolute Gasteiger partial charge is 0.390 e. The summed E-state index contributed by atoms with van der Waals surface area (Å²) < 4.78 is 50.9. The lowest BCUT2D eigenvalue weighted by atomic mass is 9.75. The number of alkyl halides is 3. The molecule has 0 radical (unpaired) electrons. The second-order valence-corrected chi connectivity index (χ2v) is 5.36. The predicted molar refractivity (Wildman–Crippen MR) is 63.1 cm³/mol. The van der Waals surface area contributed by atoms with Gasteiger partial charge in [0.2, 0.25) is 0 Å². The third kappa shape index (κ3) is 3.69. The fourth-order valence-corrected chi connectivity index (χ4v) is 2.76. The van der Waals surface area contributed by atoms with E-state index in [1.807, 2.05) is 0 Å². The maximum absolute atomic E-state index is 12.8. The van der Waals surface area contributed by atoms with Crippen molar-refractivity contribution in [1.82, 2.24) is 0 Å². The van der Waals surface area contributed by atoms with Gasteiger partial charge in [0, 0.05) is 6.42 Å². The van der Waals surface area contributed by atoms with Crippen LogP contribution in [0.4, 0.5) is 17.6 Å². The second-order valence-electron chi connectivity index (χ2n) is 5.36. The van der Waals surface area contributed by atoms with Crippen LogP contribution < -0.4 is 0 Å². The molecule has 2 atom stereocenters. The Hall–Kier alpha value is -1.10. The maximum atomic E-state index is 12.8. The summed E-state index contributed by atoms with van der Waals surface area (Å²) in [5.41, 5.74) is -0.678. The van der Waals surface area contributed by atoms with E-state index in [9.17, 15) is 22.7 Å². The molecule has 5 heteroatoms. The third-order valence-electron chi connectivity index (χ3n) is 3.73. The van der Waals surface area contributed by atoms with Crippen molar-refractivity contribution >= 4 is 0 Å². The minimum absolute atomic E-state index is 0.0786. The lowest BCUT2D eigenvalue weighted by Gasteiger charge is -2.37. The van der Waals surface area contributed by atoms with Gasteiger partial charge in [0.05, 0.1) is 11.5 Å². The lowest BCUT2D eigenvalue weighted by molar-refractivity contribution is -0.200. The minimum atomic E-state index is -4.25. The predicted octanol–water partition coefficient (Wildman–Crippen LogP) is 3.85. The van der Waals surface area contributed by atoms with Crippen LogP contribution >= 0.6 is 0 Å². The number of aliphatic hydroxyl groups is 1. The molecule has 2 rings (SSSR count). The first kappa shape index (κ1) is 14.3. The zero-order chi connectivity index (χ0) is 14.1. The van der Waals surface area contributed by atoms with E-state index in [4.69, 9.17) is 0 Å². The topological polar surface area (TPSA) is 20.2 Å². The summed E-state index contributed by atoms with van der Waals surface area (Å²) in [6.45, 7) is 0. The zero-order valence-electron chi connectivity index (χ0n) is 10.4. The summed E-state index contributed by atoms with van der Waals surface area (Å²) in [7, 11) is 0. The van der Waals surface area contributed by atoms with Gasteiger partial charge in [-0.2, -0.15) is 13.2 Å². The van der Waals surface area contributed by atoms with Crippen molar-refractivity contribution in [2.24, 2.45) is 5.92 Å². The van der Waals surface area contributed by atoms with E-state index in [1.54, 1.807) is 0 Å². The van der Waals surface area contributed by atoms with Gasteiger partial charge in [-0.15, -0.1) is 0 Å². The summed E-state index contributed by atoms with van der Waals surface area (Å²) >= 11 is 0. The first-order valence-electron chi connectivity index (χ1n) is 6.32. The van der Waals surface area contributed by atoms with Crippen LogP contribution in [0, 0.1) is 11.7 Å². The average Bonchev–Trinajstić information content (AvgIpc) is 2.31. The van der Waals surface area contributed by atoms with E-state index in [0.717, 1.165) is 0 Å². The molecule has 2 unspecified atom stereocenters. The van der Waals surface area contributed by atoms with Crippen molar-refractivity contribution in [2.75, 3.05) is 0 Å². The maximum Gasteiger partial charge on any atom is 0.391 e. The number of rotatable bonds is 2. The molecule has 1 N–H and O–H groups in total. The van der Waals surface area contributed by atoms with Crippen molar-refractivity contribution in [2.45, 2.75) is 43.9 Å². The van der Waals surface area contributed by atoms with Gasteiger partial charge in [-0.1, -0.05) is 12.1 Å². The molecule has 0 saturated heterocycles. The molecular weight excluding hydrogens is 260 g/mol. The quantitative estimate of drug-likeness (QED) is 0.813. The fraction of sp³-hybridized carbons (Fsp3) is 0.571. The standard InChI is InChI=1S/C14H16F4O/c15-12-5-3-10(4-6-12)8-13(19)7-1-2-11(9-13)14(16,17)18/h3-6,11,19H,1-2,7-9H2. The van der Waals surface area contributed by atoms with Gasteiger partial charge in [-0.3, -0.25) is 0 Å². The fourth-order valence-electron chi connectivity index (χ4n) is 2.76. The van der Waals surface area contributed by atoms with Crippen LogP contribution in [0.1, 0.15) is 31.2 Å². The normalized spacial score (nSPS) is 28.4. The monoisotopic (exact) mass is 276 g/mol. The van der Waals surface area contributed by atoms with E-state index in [-0.39, 0.29) is 19.3 Å². The number of benzene rings is 1. The molecule has 1 aromatic rings. The zero-order valence-corrected chi connectivity index (χ0v) is 10.4. The van der Waals surface area contributed by atoms with Gasteiger partial charge in [-0.25, -0.2) is 4.39 Å². The Morgan fingerprint density at radius 3 is 2.42 bits per heavy atom. The molecule has 19 heavy (non-hydrogen) atoms. The van der Waals surface area contributed by atoms with Gasteiger partial charge >= 0.3 is 6.18 Å². The van der Waals surface area contributed by atoms with Gasteiger partial charge in [0.15, 0.2) is 0 Å². The van der Waals surface area contributed by atoms with Gasteiger partial charge < -0.3 is 5.11 Å². The van der Waals surface area contributed by atoms with Crippen molar-refractivity contribution in [1.29, 1.82) is 0 Å².